The largest absolute Gasteiger partial charge is 0.140 e. The number of allylic oxidation sites excluding steroid dienone is 2. The molecule has 0 aromatic carbocycles. The molecule has 96 valence electrons. The molecule has 1 aliphatic rings. The van der Waals surface area contributed by atoms with Crippen LogP contribution in [0.2, 0.25) is 0 Å². The predicted octanol–water partition coefficient (Wildman–Crippen LogP) is 6.07. The molecule has 0 nitrogen and oxygen atoms in total. The highest BCUT2D eigenvalue weighted by Gasteiger charge is 2.18. The van der Waals surface area contributed by atoms with Crippen molar-refractivity contribution in [1.29, 1.82) is 0 Å². The van der Waals surface area contributed by atoms with Gasteiger partial charge in [-0.2, -0.15) is 0 Å². The molecule has 1 aliphatic heterocycles. The molecule has 2 rings (SSSR count). The van der Waals surface area contributed by atoms with Crippen LogP contribution < -0.4 is 0 Å². The quantitative estimate of drug-likeness (QED) is 0.660. The lowest BCUT2D eigenvalue weighted by molar-refractivity contribution is 0.866. The molecule has 0 aliphatic carbocycles. The number of aryl methyl sites for hydroxylation is 1. The highest BCUT2D eigenvalue weighted by Crippen LogP contribution is 2.43. The van der Waals surface area contributed by atoms with Crippen molar-refractivity contribution in [3.05, 3.63) is 50.9 Å². The molecule has 0 saturated carbocycles. The van der Waals surface area contributed by atoms with E-state index in [4.69, 9.17) is 0 Å². The van der Waals surface area contributed by atoms with Crippen LogP contribution in [0.5, 0.6) is 0 Å². The van der Waals surface area contributed by atoms with Gasteiger partial charge in [-0.3, -0.25) is 0 Å². The fourth-order valence-corrected chi connectivity index (χ4v) is 4.91. The van der Waals surface area contributed by atoms with E-state index in [0.29, 0.717) is 5.25 Å². The molecular weight excluding hydrogens is 276 g/mol. The summed E-state index contributed by atoms with van der Waals surface area (Å²) in [5, 5.41) is 0.540. The fraction of sp³-hybridized carbons (Fsp3) is 0.333. The summed E-state index contributed by atoms with van der Waals surface area (Å²) in [5.41, 5.74) is 0. The van der Waals surface area contributed by atoms with Crippen LogP contribution in [0.25, 0.3) is 4.91 Å². The van der Waals surface area contributed by atoms with E-state index in [-0.39, 0.29) is 0 Å². The zero-order chi connectivity index (χ0) is 13.1. The van der Waals surface area contributed by atoms with Crippen molar-refractivity contribution < 1.29 is 0 Å². The minimum absolute atomic E-state index is 0.540. The van der Waals surface area contributed by atoms with E-state index in [1.54, 1.807) is 23.1 Å². The van der Waals surface area contributed by atoms with Gasteiger partial charge in [-0.05, 0) is 48.6 Å². The smallest absolute Gasteiger partial charge is 0.0406 e. The van der Waals surface area contributed by atoms with Crippen LogP contribution in [0.3, 0.4) is 0 Å². The first-order valence-corrected chi connectivity index (χ1v) is 8.53. The third-order valence-electron chi connectivity index (χ3n) is 2.82. The summed E-state index contributed by atoms with van der Waals surface area (Å²) in [7, 11) is 0. The Kier molecular flexibility index (Phi) is 4.82. The van der Waals surface area contributed by atoms with Crippen LogP contribution in [0.4, 0.5) is 0 Å². The van der Waals surface area contributed by atoms with Gasteiger partial charge < -0.3 is 0 Å². The monoisotopic (exact) mass is 294 g/mol. The van der Waals surface area contributed by atoms with E-state index < -0.39 is 0 Å². The zero-order valence-corrected chi connectivity index (χ0v) is 13.3. The van der Waals surface area contributed by atoms with E-state index in [9.17, 15) is 0 Å². The van der Waals surface area contributed by atoms with Crippen molar-refractivity contribution in [2.45, 2.75) is 31.9 Å². The highest BCUT2D eigenvalue weighted by atomic mass is 32.2. The highest BCUT2D eigenvalue weighted by molar-refractivity contribution is 8.13. The molecule has 0 bridgehead atoms. The molecule has 1 aromatic heterocycles. The van der Waals surface area contributed by atoms with Crippen molar-refractivity contribution in [3.8, 4) is 0 Å². The first-order chi connectivity index (χ1) is 8.56. The summed E-state index contributed by atoms with van der Waals surface area (Å²) in [6.45, 7) is 12.7. The molecule has 3 heteroatoms. The summed E-state index contributed by atoms with van der Waals surface area (Å²) in [4.78, 5) is 6.40. The third-order valence-corrected chi connectivity index (χ3v) is 6.51. The second kappa shape index (κ2) is 6.18. The van der Waals surface area contributed by atoms with E-state index >= 15 is 0 Å². The van der Waals surface area contributed by atoms with Crippen molar-refractivity contribution in [2.75, 3.05) is 0 Å². The maximum Gasteiger partial charge on any atom is 0.0406 e. The molecule has 18 heavy (non-hydrogen) atoms. The molecule has 0 saturated heterocycles. The molecule has 1 atom stereocenters. The van der Waals surface area contributed by atoms with E-state index in [1.165, 1.54) is 32.4 Å². The number of rotatable bonds is 4. The summed E-state index contributed by atoms with van der Waals surface area (Å²) >= 11 is 5.49. The molecular formula is C15H18S3. The average molecular weight is 295 g/mol. The molecule has 0 radical (unpaired) electrons. The Morgan fingerprint density at radius 3 is 2.72 bits per heavy atom. The second-order valence-electron chi connectivity index (χ2n) is 4.40. The van der Waals surface area contributed by atoms with Crippen LogP contribution in [-0.4, -0.2) is 5.25 Å². The van der Waals surface area contributed by atoms with Gasteiger partial charge in [-0.25, -0.2) is 0 Å². The van der Waals surface area contributed by atoms with Gasteiger partial charge in [-0.15, -0.1) is 23.1 Å². The summed E-state index contributed by atoms with van der Waals surface area (Å²) in [6.07, 6.45) is 4.69. The Balaban J connectivity index is 1.95. The predicted molar refractivity (Wildman–Crippen MR) is 89.2 cm³/mol. The van der Waals surface area contributed by atoms with Crippen LogP contribution in [0.1, 0.15) is 29.5 Å². The second-order valence-corrected chi connectivity index (χ2v) is 8.36. The van der Waals surface area contributed by atoms with Crippen molar-refractivity contribution in [3.63, 3.8) is 0 Å². The van der Waals surface area contributed by atoms with Crippen LogP contribution in [0.15, 0.2) is 41.2 Å². The standard InChI is InChI=1S/C15H18S3/c1-10-6-5-7-14(16-10)12(3)18-13(4)15-9-8-11(2)17-15/h6,8-9,14H,3-5,7H2,1-2H3. The first kappa shape index (κ1) is 14.0. The molecule has 1 unspecified atom stereocenters. The fourth-order valence-electron chi connectivity index (χ4n) is 1.85. The lowest BCUT2D eigenvalue weighted by atomic mass is 10.2. The Morgan fingerprint density at radius 2 is 2.11 bits per heavy atom. The lowest BCUT2D eigenvalue weighted by Crippen LogP contribution is -2.06. The SMILES string of the molecule is C=C(SC(=C)C1CCC=C(C)S1)c1ccc(C)s1. The van der Waals surface area contributed by atoms with Crippen molar-refractivity contribution >= 4 is 39.8 Å². The maximum absolute atomic E-state index is 4.24. The Morgan fingerprint density at radius 1 is 1.33 bits per heavy atom. The molecule has 1 aromatic rings. The third kappa shape index (κ3) is 3.56. The summed E-state index contributed by atoms with van der Waals surface area (Å²) < 4.78 is 0. The minimum Gasteiger partial charge on any atom is -0.140 e. The van der Waals surface area contributed by atoms with Gasteiger partial charge >= 0.3 is 0 Å². The van der Waals surface area contributed by atoms with E-state index in [1.807, 2.05) is 11.8 Å². The Bertz CT molecular complexity index is 494. The van der Waals surface area contributed by atoms with E-state index in [2.05, 4.69) is 45.2 Å². The lowest BCUT2D eigenvalue weighted by Gasteiger charge is -2.22. The van der Waals surface area contributed by atoms with Crippen LogP contribution >= 0.6 is 34.9 Å². The van der Waals surface area contributed by atoms with Gasteiger partial charge in [0.2, 0.25) is 0 Å². The first-order valence-electron chi connectivity index (χ1n) is 6.02. The number of hydrogen-bond donors (Lipinski definition) is 0. The molecule has 0 N–H and O–H groups in total. The molecule has 0 amide bonds. The maximum atomic E-state index is 4.24. The normalized spacial score (nSPS) is 19.4. The van der Waals surface area contributed by atoms with E-state index in [0.717, 1.165) is 4.91 Å². The van der Waals surface area contributed by atoms with Gasteiger partial charge in [0, 0.05) is 19.9 Å². The van der Waals surface area contributed by atoms with Crippen LogP contribution in [-0.2, 0) is 0 Å². The average Bonchev–Trinajstić information content (AvgIpc) is 2.76. The molecule has 0 spiro atoms. The number of thiophene rings is 1. The number of hydrogen-bond acceptors (Lipinski definition) is 3. The minimum atomic E-state index is 0.540. The van der Waals surface area contributed by atoms with Crippen molar-refractivity contribution in [1.82, 2.24) is 0 Å². The van der Waals surface area contributed by atoms with Gasteiger partial charge in [0.05, 0.1) is 0 Å². The zero-order valence-electron chi connectivity index (χ0n) is 10.9. The van der Waals surface area contributed by atoms with Gasteiger partial charge in [0.25, 0.3) is 0 Å². The Labute approximate surface area is 122 Å². The topological polar surface area (TPSA) is 0 Å². The summed E-state index contributed by atoms with van der Waals surface area (Å²) in [5.74, 6) is 0. The summed E-state index contributed by atoms with van der Waals surface area (Å²) in [6, 6.07) is 4.30. The van der Waals surface area contributed by atoms with Gasteiger partial charge in [0.15, 0.2) is 0 Å². The molecule has 0 fully saturated rings. The van der Waals surface area contributed by atoms with Gasteiger partial charge in [-0.1, -0.05) is 31.0 Å². The number of thioether (sulfide) groups is 2. The van der Waals surface area contributed by atoms with Crippen LogP contribution in [0, 0.1) is 6.92 Å². The Hall–Kier alpha value is -0.380. The molecule has 2 heterocycles. The van der Waals surface area contributed by atoms with Crippen molar-refractivity contribution in [2.24, 2.45) is 0 Å². The van der Waals surface area contributed by atoms with Gasteiger partial charge in [0.1, 0.15) is 0 Å².